The third kappa shape index (κ3) is 8.74. The quantitative estimate of drug-likeness (QED) is 0.235. The summed E-state index contributed by atoms with van der Waals surface area (Å²) >= 11 is 0. The molecule has 2 aliphatic carbocycles. The minimum absolute atomic E-state index is 0. The van der Waals surface area contributed by atoms with E-state index in [4.69, 9.17) is 20.4 Å². The largest absolute Gasteiger partial charge is 0.481 e. The van der Waals surface area contributed by atoms with Gasteiger partial charge in [-0.1, -0.05) is 56.4 Å². The van der Waals surface area contributed by atoms with Gasteiger partial charge in [0.05, 0.1) is 16.4 Å². The summed E-state index contributed by atoms with van der Waals surface area (Å²) in [5.74, 6) is 0.559. The van der Waals surface area contributed by atoms with Gasteiger partial charge in [-0.3, -0.25) is 4.79 Å². The molecular formula is C32H44N3O5SW-. The number of carboxylic acids is 1. The first-order valence-electron chi connectivity index (χ1n) is 14.7. The first-order chi connectivity index (χ1) is 19.4. The first-order valence-corrected chi connectivity index (χ1v) is 15.9. The van der Waals surface area contributed by atoms with Crippen LogP contribution in [0.25, 0.3) is 27.8 Å². The number of aromatic nitrogens is 1. The maximum absolute atomic E-state index is 13.0. The molecule has 8 nitrogen and oxygen atoms in total. The van der Waals surface area contributed by atoms with Crippen molar-refractivity contribution >= 4 is 33.7 Å². The van der Waals surface area contributed by atoms with Crippen LogP contribution in [0, 0.1) is 11.3 Å². The number of oxazole rings is 1. The summed E-state index contributed by atoms with van der Waals surface area (Å²) in [5, 5.41) is 19.8. The molecule has 2 aliphatic rings. The summed E-state index contributed by atoms with van der Waals surface area (Å²) in [7, 11) is -1.33. The second kappa shape index (κ2) is 14.6. The van der Waals surface area contributed by atoms with Crippen LogP contribution in [0.4, 0.5) is 6.01 Å². The standard InChI is InChI=1S/C24H30N3O2S.C8H14O3.W/c1-24(2,3)27-30(28)21-14-13-19(17-11-7-8-12-18(17)21)22-20(26-23(25)29-22)15-16-9-5-4-6-10-16;1-8(7(10)11)4-2-6(9)3-5-8;/h7-8,11-14,16,27H,4-6,9-10,15H2,1-3H3,(H-,25,26);6,9H,2-5H2,1H3,(H,10,11);/q-1;;. The molecule has 1 aromatic heterocycles. The maximum atomic E-state index is 13.0. The molecule has 0 spiro atoms. The van der Waals surface area contributed by atoms with Crippen LogP contribution in [-0.2, 0) is 43.3 Å². The summed E-state index contributed by atoms with van der Waals surface area (Å²) in [6.07, 6.45) is 9.34. The predicted octanol–water partition coefficient (Wildman–Crippen LogP) is 7.72. The van der Waals surface area contributed by atoms with Crippen LogP contribution in [0.1, 0.15) is 91.2 Å². The van der Waals surface area contributed by atoms with Gasteiger partial charge in [0.15, 0.2) is 0 Å². The van der Waals surface area contributed by atoms with Gasteiger partial charge in [-0.15, -0.1) is 0 Å². The average Bonchev–Trinajstić information content (AvgIpc) is 3.29. The number of carbonyl (C=O) groups is 1. The molecule has 1 atom stereocenters. The van der Waals surface area contributed by atoms with E-state index in [9.17, 15) is 9.00 Å². The zero-order chi connectivity index (χ0) is 29.8. The van der Waals surface area contributed by atoms with Crippen molar-refractivity contribution in [1.29, 1.82) is 0 Å². The number of nitrogens with one attached hydrogen (secondary N) is 2. The number of fused-ring (bicyclic) bond motifs is 1. The van der Waals surface area contributed by atoms with Crippen LogP contribution in [0.2, 0.25) is 0 Å². The molecular weight excluding hydrogens is 722 g/mol. The van der Waals surface area contributed by atoms with Gasteiger partial charge in [0.1, 0.15) is 22.8 Å². The second-order valence-electron chi connectivity index (χ2n) is 12.9. The molecule has 0 aliphatic heterocycles. The van der Waals surface area contributed by atoms with E-state index in [1.807, 2.05) is 57.2 Å². The topological polar surface area (TPSA) is 136 Å². The van der Waals surface area contributed by atoms with Crippen molar-refractivity contribution in [3.05, 3.63) is 47.8 Å². The SMILES string of the molecule is CC(C)(C)NS(=O)c1ccc(-c2oc([NH-])nc2CC2CCCCC2)c2ccccc12.CC1(C(=O)O)CCC(O)CC1.[W]. The molecule has 0 saturated heterocycles. The third-order valence-corrected chi connectivity index (χ3v) is 9.76. The van der Waals surface area contributed by atoms with E-state index < -0.39 is 22.4 Å². The van der Waals surface area contributed by atoms with Crippen molar-refractivity contribution in [3.8, 4) is 11.3 Å². The van der Waals surface area contributed by atoms with E-state index >= 15 is 0 Å². The van der Waals surface area contributed by atoms with Gasteiger partial charge in [-0.25, -0.2) is 8.93 Å². The summed E-state index contributed by atoms with van der Waals surface area (Å²) < 4.78 is 21.9. The van der Waals surface area contributed by atoms with E-state index in [-0.39, 0.29) is 38.7 Å². The summed E-state index contributed by atoms with van der Waals surface area (Å²) in [5.41, 5.74) is 8.95. The number of nitrogens with zero attached hydrogens (tertiary/aromatic N) is 1. The molecule has 10 heteroatoms. The van der Waals surface area contributed by atoms with Gasteiger partial charge >= 0.3 is 5.97 Å². The fourth-order valence-electron chi connectivity index (χ4n) is 5.78. The average molecular weight is 767 g/mol. The molecule has 5 rings (SSSR count). The maximum Gasteiger partial charge on any atom is 0.309 e. The van der Waals surface area contributed by atoms with E-state index in [1.165, 1.54) is 32.1 Å². The van der Waals surface area contributed by atoms with E-state index in [2.05, 4.69) is 9.71 Å². The van der Waals surface area contributed by atoms with Crippen LogP contribution in [0.3, 0.4) is 0 Å². The Morgan fingerprint density at radius 3 is 2.29 bits per heavy atom. The third-order valence-electron chi connectivity index (χ3n) is 8.21. The summed E-state index contributed by atoms with van der Waals surface area (Å²) in [6, 6.07) is 11.8. The summed E-state index contributed by atoms with van der Waals surface area (Å²) in [4.78, 5) is 15.9. The smallest absolute Gasteiger partial charge is 0.309 e. The number of carboxylic acid groups (broad SMARTS) is 1. The Bertz CT molecular complexity index is 1370. The van der Waals surface area contributed by atoms with Crippen molar-refractivity contribution in [2.75, 3.05) is 0 Å². The van der Waals surface area contributed by atoms with Crippen LogP contribution in [0.15, 0.2) is 45.7 Å². The minimum atomic E-state index is -1.33. The van der Waals surface area contributed by atoms with Crippen molar-refractivity contribution in [3.63, 3.8) is 0 Å². The summed E-state index contributed by atoms with van der Waals surface area (Å²) in [6.45, 7) is 7.76. The number of aliphatic hydroxyl groups excluding tert-OH is 1. The van der Waals surface area contributed by atoms with Gasteiger partial charge in [-0.2, -0.15) is 0 Å². The van der Waals surface area contributed by atoms with Crippen LogP contribution < -0.4 is 4.72 Å². The molecule has 4 N–H and O–H groups in total. The van der Waals surface area contributed by atoms with Gasteiger partial charge in [0.25, 0.3) is 0 Å². The van der Waals surface area contributed by atoms with Crippen LogP contribution in [0.5, 0.6) is 0 Å². The molecule has 1 heterocycles. The normalized spacial score (nSPS) is 22.1. The van der Waals surface area contributed by atoms with Crippen LogP contribution >= 0.6 is 0 Å². The number of aliphatic carboxylic acids is 1. The fraction of sp³-hybridized carbons (Fsp3) is 0.562. The molecule has 0 bridgehead atoms. The van der Waals surface area contributed by atoms with E-state index in [1.54, 1.807) is 6.92 Å². The molecule has 2 aromatic carbocycles. The van der Waals surface area contributed by atoms with Crippen molar-refractivity contribution in [2.45, 2.75) is 108 Å². The van der Waals surface area contributed by atoms with Gasteiger partial charge in [-0.05, 0) is 94.3 Å². The number of benzene rings is 2. The van der Waals surface area contributed by atoms with Crippen molar-refractivity contribution < 1.29 is 44.7 Å². The molecule has 2 saturated carbocycles. The zero-order valence-corrected chi connectivity index (χ0v) is 28.8. The van der Waals surface area contributed by atoms with Crippen molar-refractivity contribution in [1.82, 2.24) is 9.71 Å². The number of aliphatic hydroxyl groups is 1. The molecule has 0 amide bonds. The molecule has 1 unspecified atom stereocenters. The van der Waals surface area contributed by atoms with Gasteiger partial charge in [0.2, 0.25) is 0 Å². The Kier molecular flexibility index (Phi) is 12.0. The Morgan fingerprint density at radius 2 is 1.69 bits per heavy atom. The molecule has 42 heavy (non-hydrogen) atoms. The van der Waals surface area contributed by atoms with Gasteiger partial charge in [0, 0.05) is 32.2 Å². The monoisotopic (exact) mass is 766 g/mol. The zero-order valence-electron chi connectivity index (χ0n) is 25.1. The number of hydrogen-bond acceptors (Lipinski definition) is 5. The van der Waals surface area contributed by atoms with Crippen LogP contribution in [-0.4, -0.2) is 37.0 Å². The molecule has 3 aromatic rings. The number of hydrogen-bond donors (Lipinski definition) is 3. The Balaban J connectivity index is 0.000000342. The minimum Gasteiger partial charge on any atom is -0.481 e. The van der Waals surface area contributed by atoms with E-state index in [0.29, 0.717) is 37.4 Å². The first kappa shape index (κ1) is 34.4. The molecule has 2 fully saturated rings. The predicted molar refractivity (Wildman–Crippen MR) is 163 cm³/mol. The number of rotatable bonds is 6. The second-order valence-corrected chi connectivity index (χ2v) is 14.1. The molecule has 0 radical (unpaired) electrons. The van der Waals surface area contributed by atoms with Crippen molar-refractivity contribution in [2.24, 2.45) is 11.3 Å². The Labute approximate surface area is 266 Å². The Morgan fingerprint density at radius 1 is 1.07 bits per heavy atom. The Hall–Kier alpha value is -2.06. The van der Waals surface area contributed by atoms with E-state index in [0.717, 1.165) is 33.3 Å². The fourth-order valence-corrected chi connectivity index (χ4v) is 7.02. The van der Waals surface area contributed by atoms with Gasteiger partial charge < -0.3 is 25.3 Å². The molecule has 230 valence electrons.